The molecule has 0 aliphatic heterocycles. The average molecular weight is 281 g/mol. The number of aryl methyl sites for hydroxylation is 2. The Hall–Kier alpha value is -2.11. The van der Waals surface area contributed by atoms with Gasteiger partial charge in [0.25, 0.3) is 0 Å². The maximum Gasteiger partial charge on any atom is 0.387 e. The van der Waals surface area contributed by atoms with E-state index in [-0.39, 0.29) is 11.8 Å². The van der Waals surface area contributed by atoms with E-state index in [1.807, 2.05) is 20.8 Å². The number of nitrogens with zero attached hydrogens (tertiary/aromatic N) is 1. The first-order valence-corrected chi connectivity index (χ1v) is 6.31. The molecule has 0 radical (unpaired) electrons. The summed E-state index contributed by atoms with van der Waals surface area (Å²) in [7, 11) is 0. The van der Waals surface area contributed by atoms with Crippen LogP contribution >= 0.6 is 0 Å². The zero-order valence-electron chi connectivity index (χ0n) is 11.6. The fourth-order valence-corrected chi connectivity index (χ4v) is 2.10. The highest BCUT2D eigenvalue weighted by molar-refractivity contribution is 5.54. The Morgan fingerprint density at radius 2 is 1.95 bits per heavy atom. The van der Waals surface area contributed by atoms with Crippen LogP contribution in [0.4, 0.5) is 14.5 Å². The highest BCUT2D eigenvalue weighted by atomic mass is 19.3. The molecule has 108 valence electrons. The molecule has 1 heterocycles. The van der Waals surface area contributed by atoms with Crippen LogP contribution in [0.15, 0.2) is 24.3 Å². The zero-order chi connectivity index (χ0) is 14.7. The van der Waals surface area contributed by atoms with Gasteiger partial charge in [0.2, 0.25) is 0 Å². The molecule has 0 aliphatic carbocycles. The second kappa shape index (κ2) is 5.90. The Morgan fingerprint density at radius 1 is 1.25 bits per heavy atom. The first-order valence-electron chi connectivity index (χ1n) is 6.31. The second-order valence-corrected chi connectivity index (χ2v) is 4.59. The van der Waals surface area contributed by atoms with E-state index in [0.29, 0.717) is 5.56 Å². The van der Waals surface area contributed by atoms with Crippen LogP contribution in [0.25, 0.3) is 0 Å². The molecule has 2 aromatic rings. The third kappa shape index (κ3) is 3.07. The maximum absolute atomic E-state index is 12.4. The normalized spacial score (nSPS) is 12.5. The Bertz CT molecular complexity index is 564. The number of aromatic amines is 1. The molecule has 1 atom stereocenters. The molecular weight excluding hydrogens is 264 g/mol. The smallest absolute Gasteiger partial charge is 0.387 e. The van der Waals surface area contributed by atoms with E-state index in [1.54, 1.807) is 18.2 Å². The van der Waals surface area contributed by atoms with E-state index in [4.69, 9.17) is 0 Å². The Morgan fingerprint density at radius 3 is 2.55 bits per heavy atom. The summed E-state index contributed by atoms with van der Waals surface area (Å²) in [5, 5.41) is 10.2. The minimum atomic E-state index is -2.83. The van der Waals surface area contributed by atoms with E-state index in [0.717, 1.165) is 17.1 Å². The molecule has 0 fully saturated rings. The number of anilines is 1. The maximum atomic E-state index is 12.4. The van der Waals surface area contributed by atoms with Gasteiger partial charge < -0.3 is 10.1 Å². The fraction of sp³-hybridized carbons (Fsp3) is 0.357. The van der Waals surface area contributed by atoms with E-state index in [2.05, 4.69) is 20.3 Å². The third-order valence-electron chi connectivity index (χ3n) is 3.09. The number of hydrogen-bond donors (Lipinski definition) is 2. The van der Waals surface area contributed by atoms with Gasteiger partial charge in [0.05, 0.1) is 23.1 Å². The van der Waals surface area contributed by atoms with E-state index < -0.39 is 6.61 Å². The molecule has 0 amide bonds. The molecule has 2 rings (SSSR count). The van der Waals surface area contributed by atoms with Crippen molar-refractivity contribution in [1.29, 1.82) is 0 Å². The van der Waals surface area contributed by atoms with Crippen LogP contribution < -0.4 is 10.1 Å². The molecule has 2 N–H and O–H groups in total. The molecule has 6 heteroatoms. The van der Waals surface area contributed by atoms with Crippen LogP contribution in [0.2, 0.25) is 0 Å². The monoisotopic (exact) mass is 281 g/mol. The summed E-state index contributed by atoms with van der Waals surface area (Å²) in [6.07, 6.45) is 0. The number of rotatable bonds is 5. The van der Waals surface area contributed by atoms with Gasteiger partial charge in [-0.3, -0.25) is 5.10 Å². The highest BCUT2D eigenvalue weighted by Crippen LogP contribution is 2.30. The van der Waals surface area contributed by atoms with E-state index >= 15 is 0 Å². The highest BCUT2D eigenvalue weighted by Gasteiger charge is 2.16. The predicted molar refractivity (Wildman–Crippen MR) is 73.2 cm³/mol. The van der Waals surface area contributed by atoms with Crippen molar-refractivity contribution in [3.8, 4) is 5.75 Å². The van der Waals surface area contributed by atoms with Crippen molar-refractivity contribution >= 4 is 5.69 Å². The van der Waals surface area contributed by atoms with Crippen LogP contribution in [-0.4, -0.2) is 16.8 Å². The standard InChI is InChI=1S/C14H17F2N3O/c1-8(17-13-9(2)18-19-10(13)3)11-6-4-5-7-12(11)20-14(15)16/h4-8,14,17H,1-3H3,(H,18,19). The van der Waals surface area contributed by atoms with E-state index in [9.17, 15) is 8.78 Å². The van der Waals surface area contributed by atoms with Crippen LogP contribution in [0, 0.1) is 13.8 Å². The van der Waals surface area contributed by atoms with Crippen LogP contribution in [-0.2, 0) is 0 Å². The van der Waals surface area contributed by atoms with Gasteiger partial charge in [-0.05, 0) is 26.8 Å². The molecule has 0 aliphatic rings. The number of H-pyrrole nitrogens is 1. The van der Waals surface area contributed by atoms with Crippen molar-refractivity contribution in [3.63, 3.8) is 0 Å². The van der Waals surface area contributed by atoms with Crippen molar-refractivity contribution in [2.24, 2.45) is 0 Å². The number of benzene rings is 1. The number of alkyl halides is 2. The summed E-state index contributed by atoms with van der Waals surface area (Å²) in [6.45, 7) is 2.83. The molecule has 1 unspecified atom stereocenters. The first kappa shape index (κ1) is 14.3. The molecule has 20 heavy (non-hydrogen) atoms. The number of nitrogens with one attached hydrogen (secondary N) is 2. The summed E-state index contributed by atoms with van der Waals surface area (Å²) in [5.41, 5.74) is 3.29. The molecule has 0 saturated heterocycles. The van der Waals surface area contributed by atoms with Crippen molar-refractivity contribution < 1.29 is 13.5 Å². The zero-order valence-corrected chi connectivity index (χ0v) is 11.6. The minimum absolute atomic E-state index is 0.181. The lowest BCUT2D eigenvalue weighted by molar-refractivity contribution is -0.0505. The van der Waals surface area contributed by atoms with E-state index in [1.165, 1.54) is 6.07 Å². The molecule has 1 aromatic heterocycles. The molecule has 0 bridgehead atoms. The number of ether oxygens (including phenoxy) is 1. The first-order chi connectivity index (χ1) is 9.49. The summed E-state index contributed by atoms with van der Waals surface area (Å²) in [5.74, 6) is 0.182. The topological polar surface area (TPSA) is 49.9 Å². The lowest BCUT2D eigenvalue weighted by atomic mass is 10.1. The Kier molecular flexibility index (Phi) is 4.22. The van der Waals surface area contributed by atoms with Gasteiger partial charge in [-0.2, -0.15) is 13.9 Å². The van der Waals surface area contributed by atoms with Gasteiger partial charge in [0.1, 0.15) is 5.75 Å². The van der Waals surface area contributed by atoms with Gasteiger partial charge in [0, 0.05) is 5.56 Å². The lowest BCUT2D eigenvalue weighted by Gasteiger charge is -2.19. The summed E-state index contributed by atoms with van der Waals surface area (Å²) in [4.78, 5) is 0. The summed E-state index contributed by atoms with van der Waals surface area (Å²) < 4.78 is 29.4. The van der Waals surface area contributed by atoms with Gasteiger partial charge >= 0.3 is 6.61 Å². The van der Waals surface area contributed by atoms with Crippen molar-refractivity contribution in [2.45, 2.75) is 33.4 Å². The molecular formula is C14H17F2N3O. The number of halogens is 2. The fourth-order valence-electron chi connectivity index (χ4n) is 2.10. The van der Waals surface area contributed by atoms with Crippen LogP contribution in [0.3, 0.4) is 0 Å². The lowest BCUT2D eigenvalue weighted by Crippen LogP contribution is -2.11. The van der Waals surface area contributed by atoms with Crippen molar-refractivity contribution in [2.75, 3.05) is 5.32 Å². The van der Waals surface area contributed by atoms with Crippen molar-refractivity contribution in [3.05, 3.63) is 41.2 Å². The summed E-state index contributed by atoms with van der Waals surface area (Å²) >= 11 is 0. The van der Waals surface area contributed by atoms with Gasteiger partial charge in [-0.15, -0.1) is 0 Å². The van der Waals surface area contributed by atoms with Crippen LogP contribution in [0.1, 0.15) is 29.9 Å². The average Bonchev–Trinajstić information content (AvgIpc) is 2.70. The SMILES string of the molecule is Cc1n[nH]c(C)c1NC(C)c1ccccc1OC(F)F. The number of para-hydroxylation sites is 1. The van der Waals surface area contributed by atoms with Gasteiger partial charge in [-0.1, -0.05) is 18.2 Å². The predicted octanol–water partition coefficient (Wildman–Crippen LogP) is 3.80. The number of hydrogen-bond acceptors (Lipinski definition) is 3. The van der Waals surface area contributed by atoms with Gasteiger partial charge in [0.15, 0.2) is 0 Å². The largest absolute Gasteiger partial charge is 0.434 e. The third-order valence-corrected chi connectivity index (χ3v) is 3.09. The minimum Gasteiger partial charge on any atom is -0.434 e. The molecule has 4 nitrogen and oxygen atoms in total. The Balaban J connectivity index is 2.23. The molecule has 0 spiro atoms. The van der Waals surface area contributed by atoms with Crippen LogP contribution in [0.5, 0.6) is 5.75 Å². The molecule has 0 saturated carbocycles. The Labute approximate surface area is 116 Å². The van der Waals surface area contributed by atoms with Gasteiger partial charge in [-0.25, -0.2) is 0 Å². The van der Waals surface area contributed by atoms with Crippen molar-refractivity contribution in [1.82, 2.24) is 10.2 Å². The summed E-state index contributed by atoms with van der Waals surface area (Å²) in [6, 6.07) is 6.58. The second-order valence-electron chi connectivity index (χ2n) is 4.59. The number of aromatic nitrogens is 2. The quantitative estimate of drug-likeness (QED) is 0.876. The molecule has 1 aromatic carbocycles.